The zero-order valence-corrected chi connectivity index (χ0v) is 17.7. The average molecular weight is 481 g/mol. The van der Waals surface area contributed by atoms with Crippen LogP contribution in [0.2, 0.25) is 5.02 Å². The first kappa shape index (κ1) is 21.6. The predicted molar refractivity (Wildman–Crippen MR) is 111 cm³/mol. The molecular weight excluding hydrogens is 464 g/mol. The van der Waals surface area contributed by atoms with Crippen molar-refractivity contribution < 1.29 is 22.4 Å². The van der Waals surface area contributed by atoms with Crippen LogP contribution in [0.25, 0.3) is 5.69 Å². The van der Waals surface area contributed by atoms with Crippen LogP contribution in [0, 0.1) is 5.82 Å². The Bertz CT molecular complexity index is 1200. The summed E-state index contributed by atoms with van der Waals surface area (Å²) in [5.74, 6) is -0.856. The quantitative estimate of drug-likeness (QED) is 0.562. The van der Waals surface area contributed by atoms with Gasteiger partial charge in [0.15, 0.2) is 5.82 Å². The first-order chi connectivity index (χ1) is 15.7. The van der Waals surface area contributed by atoms with Gasteiger partial charge in [0.2, 0.25) is 0 Å². The highest BCUT2D eigenvalue weighted by Gasteiger charge is 2.49. The number of rotatable bonds is 4. The molecule has 4 heterocycles. The molecule has 172 valence electrons. The van der Waals surface area contributed by atoms with Crippen LogP contribution in [0.4, 0.5) is 23.4 Å². The van der Waals surface area contributed by atoms with E-state index < -0.39 is 17.6 Å². The van der Waals surface area contributed by atoms with Crippen LogP contribution < -0.4 is 5.32 Å². The lowest BCUT2D eigenvalue weighted by molar-refractivity contribution is -0.137. The fourth-order valence-electron chi connectivity index (χ4n) is 4.70. The van der Waals surface area contributed by atoms with E-state index in [-0.39, 0.29) is 46.1 Å². The fourth-order valence-corrected chi connectivity index (χ4v) is 4.92. The maximum atomic E-state index is 14.6. The Morgan fingerprint density at radius 3 is 2.64 bits per heavy atom. The summed E-state index contributed by atoms with van der Waals surface area (Å²) in [6, 6.07) is 4.43. The molecule has 0 unspecified atom stereocenters. The molecule has 1 aromatic carbocycles. The molecule has 5 rings (SSSR count). The van der Waals surface area contributed by atoms with Crippen molar-refractivity contribution in [3.8, 4) is 5.69 Å². The highest BCUT2D eigenvalue weighted by Crippen LogP contribution is 2.41. The van der Waals surface area contributed by atoms with Crippen molar-refractivity contribution in [1.82, 2.24) is 24.9 Å². The fraction of sp³-hybridized carbons (Fsp3) is 0.333. The maximum absolute atomic E-state index is 14.6. The molecule has 2 aromatic heterocycles. The van der Waals surface area contributed by atoms with E-state index in [1.165, 1.54) is 30.6 Å². The van der Waals surface area contributed by atoms with Crippen molar-refractivity contribution in [2.75, 3.05) is 5.32 Å². The topological polar surface area (TPSA) is 75.9 Å². The zero-order valence-electron chi connectivity index (χ0n) is 16.9. The van der Waals surface area contributed by atoms with Crippen molar-refractivity contribution in [3.63, 3.8) is 0 Å². The lowest BCUT2D eigenvalue weighted by Gasteiger charge is -2.26. The van der Waals surface area contributed by atoms with Gasteiger partial charge in [-0.3, -0.25) is 4.79 Å². The lowest BCUT2D eigenvalue weighted by atomic mass is 9.95. The normalized spacial score (nSPS) is 22.1. The van der Waals surface area contributed by atoms with E-state index in [1.54, 1.807) is 4.90 Å². The number of amides is 1. The van der Waals surface area contributed by atoms with Gasteiger partial charge in [0, 0.05) is 18.3 Å². The minimum Gasteiger partial charge on any atom is -0.364 e. The van der Waals surface area contributed by atoms with Gasteiger partial charge in [0.25, 0.3) is 5.91 Å². The van der Waals surface area contributed by atoms with Crippen molar-refractivity contribution >= 4 is 23.3 Å². The number of fused-ring (bicyclic) bond motifs is 2. The number of carbonyl (C=O) groups is 1. The predicted octanol–water partition coefficient (Wildman–Crippen LogP) is 4.33. The molecule has 0 radical (unpaired) electrons. The Balaban J connectivity index is 1.40. The zero-order chi connectivity index (χ0) is 23.3. The number of hydrogen-bond acceptors (Lipinski definition) is 5. The van der Waals surface area contributed by atoms with E-state index in [0.29, 0.717) is 12.8 Å². The Hall–Kier alpha value is -3.21. The Morgan fingerprint density at radius 2 is 1.94 bits per heavy atom. The summed E-state index contributed by atoms with van der Waals surface area (Å²) >= 11 is 6.04. The third kappa shape index (κ3) is 3.79. The molecule has 7 nitrogen and oxygen atoms in total. The average Bonchev–Trinajstić information content (AvgIpc) is 3.50. The number of nitrogens with one attached hydrogen (secondary N) is 1. The first-order valence-electron chi connectivity index (χ1n) is 10.2. The molecule has 0 aliphatic carbocycles. The molecule has 1 amide bonds. The number of hydrogen-bond donors (Lipinski definition) is 1. The molecule has 0 spiro atoms. The summed E-state index contributed by atoms with van der Waals surface area (Å²) in [4.78, 5) is 20.1. The van der Waals surface area contributed by atoms with Crippen LogP contribution >= 0.6 is 11.6 Å². The van der Waals surface area contributed by atoms with Gasteiger partial charge in [-0.2, -0.15) is 23.4 Å². The summed E-state index contributed by atoms with van der Waals surface area (Å²) in [6.07, 6.45) is 0.990. The summed E-state index contributed by atoms with van der Waals surface area (Å²) < 4.78 is 53.3. The number of pyridine rings is 1. The Kier molecular flexibility index (Phi) is 5.23. The van der Waals surface area contributed by atoms with Gasteiger partial charge in [-0.1, -0.05) is 17.7 Å². The number of para-hydroxylation sites is 1. The van der Waals surface area contributed by atoms with E-state index in [9.17, 15) is 22.4 Å². The molecule has 0 saturated carbocycles. The molecule has 2 saturated heterocycles. The molecule has 2 fully saturated rings. The molecule has 2 bridgehead atoms. The number of benzene rings is 1. The highest BCUT2D eigenvalue weighted by molar-refractivity contribution is 6.33. The number of alkyl halides is 3. The minimum absolute atomic E-state index is 0.0317. The third-order valence-electron chi connectivity index (χ3n) is 6.10. The summed E-state index contributed by atoms with van der Waals surface area (Å²) in [6.45, 7) is 0. The van der Waals surface area contributed by atoms with E-state index in [2.05, 4.69) is 20.5 Å². The van der Waals surface area contributed by atoms with Gasteiger partial charge in [-0.15, -0.1) is 4.80 Å². The largest absolute Gasteiger partial charge is 0.417 e. The van der Waals surface area contributed by atoms with E-state index in [4.69, 9.17) is 11.6 Å². The molecule has 33 heavy (non-hydrogen) atoms. The highest BCUT2D eigenvalue weighted by atomic mass is 35.5. The molecule has 2 aliphatic rings. The van der Waals surface area contributed by atoms with Crippen molar-refractivity contribution in [1.29, 1.82) is 0 Å². The van der Waals surface area contributed by atoms with Crippen molar-refractivity contribution in [3.05, 3.63) is 64.8 Å². The summed E-state index contributed by atoms with van der Waals surface area (Å²) in [7, 11) is 0. The van der Waals surface area contributed by atoms with Crippen LogP contribution in [-0.2, 0) is 6.18 Å². The van der Waals surface area contributed by atoms with Crippen LogP contribution in [0.3, 0.4) is 0 Å². The lowest BCUT2D eigenvalue weighted by Crippen LogP contribution is -2.40. The van der Waals surface area contributed by atoms with Gasteiger partial charge < -0.3 is 10.2 Å². The second-order valence-electron chi connectivity index (χ2n) is 8.00. The van der Waals surface area contributed by atoms with Crippen LogP contribution in [0.15, 0.2) is 42.9 Å². The maximum Gasteiger partial charge on any atom is 0.417 e. The number of carbonyl (C=O) groups excluding carboxylic acids is 1. The van der Waals surface area contributed by atoms with E-state index in [0.717, 1.165) is 23.5 Å². The molecule has 3 atom stereocenters. The van der Waals surface area contributed by atoms with Gasteiger partial charge in [0.1, 0.15) is 11.5 Å². The number of nitrogens with zero attached hydrogens (tertiary/aromatic N) is 5. The van der Waals surface area contributed by atoms with E-state index >= 15 is 0 Å². The van der Waals surface area contributed by atoms with Gasteiger partial charge in [-0.25, -0.2) is 9.37 Å². The summed E-state index contributed by atoms with van der Waals surface area (Å²) in [5.41, 5.74) is -0.834. The summed E-state index contributed by atoms with van der Waals surface area (Å²) in [5, 5.41) is 10.9. The minimum atomic E-state index is -4.54. The smallest absolute Gasteiger partial charge is 0.364 e. The van der Waals surface area contributed by atoms with E-state index in [1.807, 2.05) is 0 Å². The second-order valence-corrected chi connectivity index (χ2v) is 8.41. The van der Waals surface area contributed by atoms with Crippen LogP contribution in [0.1, 0.15) is 35.2 Å². The molecule has 3 aromatic rings. The van der Waals surface area contributed by atoms with Gasteiger partial charge >= 0.3 is 6.18 Å². The standard InChI is InChI=1S/C21H17ClF4N6O/c22-14-8-11(21(24,25)26)10-27-19(14)30-16-9-12-4-5-17(16)31(12)20(33)13-2-1-3-15(23)18(13)32-28-6-7-29-32/h1-3,6-8,10,12,16-17H,4-5,9H2,(H,27,30)/t12-,16-,17+/m1/s1. The monoisotopic (exact) mass is 480 g/mol. The molecule has 2 aliphatic heterocycles. The Morgan fingerprint density at radius 1 is 1.18 bits per heavy atom. The molecule has 12 heteroatoms. The SMILES string of the molecule is O=C(c1cccc(F)c1-n1nccn1)N1[C@@H]2CC[C@H]1[C@H](Nc1ncc(C(F)(F)F)cc1Cl)C2. The van der Waals surface area contributed by atoms with Crippen molar-refractivity contribution in [2.24, 2.45) is 0 Å². The molecule has 1 N–H and O–H groups in total. The van der Waals surface area contributed by atoms with Gasteiger partial charge in [0.05, 0.1) is 34.6 Å². The molecular formula is C21H17ClF4N6O. The van der Waals surface area contributed by atoms with Gasteiger partial charge in [-0.05, 0) is 37.5 Å². The number of anilines is 1. The van der Waals surface area contributed by atoms with Crippen LogP contribution in [0.5, 0.6) is 0 Å². The number of halogens is 5. The van der Waals surface area contributed by atoms with Crippen LogP contribution in [-0.4, -0.2) is 48.9 Å². The second kappa shape index (κ2) is 7.98. The first-order valence-corrected chi connectivity index (χ1v) is 10.6. The third-order valence-corrected chi connectivity index (χ3v) is 6.39. The number of aromatic nitrogens is 4. The Labute approximate surface area is 190 Å². The van der Waals surface area contributed by atoms with Crippen molar-refractivity contribution in [2.45, 2.75) is 43.6 Å².